The maximum absolute atomic E-state index is 9.29. The van der Waals surface area contributed by atoms with Crippen LogP contribution in [0.4, 0.5) is 0 Å². The molecule has 3 N–H and O–H groups in total. The summed E-state index contributed by atoms with van der Waals surface area (Å²) in [6, 6.07) is 1.66. The Balaban J connectivity index is 3.39. The summed E-state index contributed by atoms with van der Waals surface area (Å²) in [7, 11) is 0. The molecule has 12 heavy (non-hydrogen) atoms. The number of phenolic OH excluding ortho intramolecular Hbond substituents is 3. The first-order chi connectivity index (χ1) is 5.57. The van der Waals surface area contributed by atoms with Gasteiger partial charge in [0, 0.05) is 0 Å². The van der Waals surface area contributed by atoms with Crippen LogP contribution in [0.5, 0.6) is 17.2 Å². The molecule has 0 amide bonds. The Labute approximate surface area is 70.9 Å². The van der Waals surface area contributed by atoms with Gasteiger partial charge in [0.05, 0.1) is 0 Å². The number of phenols is 3. The monoisotopic (exact) mass is 168 g/mol. The maximum Gasteiger partial charge on any atom is 0.200 e. The van der Waals surface area contributed by atoms with Crippen molar-refractivity contribution in [3.8, 4) is 17.2 Å². The van der Waals surface area contributed by atoms with Crippen molar-refractivity contribution in [2.24, 2.45) is 0 Å². The summed E-state index contributed by atoms with van der Waals surface area (Å²) >= 11 is 0. The van der Waals surface area contributed by atoms with Gasteiger partial charge in [0.25, 0.3) is 0 Å². The van der Waals surface area contributed by atoms with Gasteiger partial charge in [-0.1, -0.05) is 6.92 Å². The lowest BCUT2D eigenvalue weighted by atomic mass is 10.1. The third kappa shape index (κ3) is 1.18. The topological polar surface area (TPSA) is 60.7 Å². The minimum atomic E-state index is -0.424. The van der Waals surface area contributed by atoms with E-state index >= 15 is 0 Å². The van der Waals surface area contributed by atoms with Crippen molar-refractivity contribution in [1.29, 1.82) is 0 Å². The van der Waals surface area contributed by atoms with E-state index in [1.807, 2.05) is 6.92 Å². The van der Waals surface area contributed by atoms with Crippen LogP contribution in [-0.2, 0) is 6.42 Å². The number of rotatable bonds is 1. The summed E-state index contributed by atoms with van der Waals surface area (Å²) in [5.41, 5.74) is 1.21. The molecule has 1 aromatic rings. The van der Waals surface area contributed by atoms with Gasteiger partial charge < -0.3 is 15.3 Å². The Morgan fingerprint density at radius 3 is 2.17 bits per heavy atom. The van der Waals surface area contributed by atoms with Gasteiger partial charge in [0.1, 0.15) is 0 Å². The molecule has 0 aliphatic heterocycles. The predicted molar refractivity (Wildman–Crippen MR) is 45.6 cm³/mol. The lowest BCUT2D eigenvalue weighted by Crippen LogP contribution is -1.85. The number of aromatic hydroxyl groups is 3. The van der Waals surface area contributed by atoms with Crippen molar-refractivity contribution in [3.63, 3.8) is 0 Å². The second kappa shape index (κ2) is 2.93. The zero-order valence-electron chi connectivity index (χ0n) is 7.13. The molecule has 0 saturated carbocycles. The van der Waals surface area contributed by atoms with Crippen molar-refractivity contribution in [3.05, 3.63) is 17.2 Å². The van der Waals surface area contributed by atoms with E-state index in [-0.39, 0.29) is 11.5 Å². The van der Waals surface area contributed by atoms with Crippen molar-refractivity contribution in [2.75, 3.05) is 0 Å². The Hall–Kier alpha value is -1.38. The van der Waals surface area contributed by atoms with Gasteiger partial charge in [-0.25, -0.2) is 0 Å². The van der Waals surface area contributed by atoms with Crippen molar-refractivity contribution < 1.29 is 15.3 Å². The van der Waals surface area contributed by atoms with E-state index in [0.29, 0.717) is 17.5 Å². The van der Waals surface area contributed by atoms with Crippen LogP contribution in [0.25, 0.3) is 0 Å². The van der Waals surface area contributed by atoms with Crippen LogP contribution in [0.3, 0.4) is 0 Å². The normalized spacial score (nSPS) is 10.2. The van der Waals surface area contributed by atoms with Crippen LogP contribution in [0.2, 0.25) is 0 Å². The summed E-state index contributed by atoms with van der Waals surface area (Å²) in [5, 5.41) is 27.7. The average molecular weight is 168 g/mol. The number of aryl methyl sites for hydroxylation is 2. The first kappa shape index (κ1) is 8.71. The van der Waals surface area contributed by atoms with Crippen LogP contribution >= 0.6 is 0 Å². The molecule has 0 aromatic heterocycles. The van der Waals surface area contributed by atoms with Gasteiger partial charge in [0.2, 0.25) is 5.75 Å². The second-order valence-electron chi connectivity index (χ2n) is 2.75. The van der Waals surface area contributed by atoms with E-state index in [2.05, 4.69) is 0 Å². The van der Waals surface area contributed by atoms with Gasteiger partial charge in [-0.3, -0.25) is 0 Å². The van der Waals surface area contributed by atoms with Gasteiger partial charge in [-0.05, 0) is 30.5 Å². The summed E-state index contributed by atoms with van der Waals surface area (Å²) in [6.45, 7) is 3.54. The largest absolute Gasteiger partial charge is 0.504 e. The third-order valence-corrected chi connectivity index (χ3v) is 1.90. The molecule has 0 unspecified atom stereocenters. The van der Waals surface area contributed by atoms with E-state index in [4.69, 9.17) is 0 Å². The van der Waals surface area contributed by atoms with Gasteiger partial charge >= 0.3 is 0 Å². The van der Waals surface area contributed by atoms with E-state index < -0.39 is 5.75 Å². The zero-order valence-corrected chi connectivity index (χ0v) is 7.13. The highest BCUT2D eigenvalue weighted by Gasteiger charge is 2.12. The molecule has 0 bridgehead atoms. The molecule has 1 aromatic carbocycles. The third-order valence-electron chi connectivity index (χ3n) is 1.90. The van der Waals surface area contributed by atoms with Crippen LogP contribution in [-0.4, -0.2) is 15.3 Å². The number of hydrogen-bond acceptors (Lipinski definition) is 3. The zero-order chi connectivity index (χ0) is 9.30. The molecule has 0 heterocycles. The highest BCUT2D eigenvalue weighted by atomic mass is 16.3. The van der Waals surface area contributed by atoms with Crippen LogP contribution in [0.15, 0.2) is 6.07 Å². The number of benzene rings is 1. The molecule has 66 valence electrons. The summed E-state index contributed by atoms with van der Waals surface area (Å²) in [5.74, 6) is -0.892. The highest BCUT2D eigenvalue weighted by molar-refractivity contribution is 5.56. The number of hydrogen-bond donors (Lipinski definition) is 3. The standard InChI is InChI=1S/C9H12O3/c1-3-6-4-5(2)7(10)9(12)8(6)11/h4,10-12H,3H2,1-2H3. The molecule has 1 rings (SSSR count). The molecular weight excluding hydrogens is 156 g/mol. The van der Waals surface area contributed by atoms with E-state index in [0.717, 1.165) is 0 Å². The SMILES string of the molecule is CCc1cc(C)c(O)c(O)c1O. The lowest BCUT2D eigenvalue weighted by Gasteiger charge is -2.07. The molecule has 0 radical (unpaired) electrons. The first-order valence-electron chi connectivity index (χ1n) is 3.81. The summed E-state index contributed by atoms with van der Waals surface area (Å²) in [4.78, 5) is 0. The van der Waals surface area contributed by atoms with Crippen molar-refractivity contribution in [2.45, 2.75) is 20.3 Å². The second-order valence-corrected chi connectivity index (χ2v) is 2.75. The Morgan fingerprint density at radius 1 is 1.08 bits per heavy atom. The lowest BCUT2D eigenvalue weighted by molar-refractivity contribution is 0.363. The predicted octanol–water partition coefficient (Wildman–Crippen LogP) is 1.67. The van der Waals surface area contributed by atoms with E-state index in [9.17, 15) is 15.3 Å². The quantitative estimate of drug-likeness (QED) is 0.559. The average Bonchev–Trinajstić information content (AvgIpc) is 2.08. The highest BCUT2D eigenvalue weighted by Crippen LogP contribution is 2.39. The molecule has 0 atom stereocenters. The summed E-state index contributed by atoms with van der Waals surface area (Å²) in [6.07, 6.45) is 0.626. The molecule has 0 spiro atoms. The van der Waals surface area contributed by atoms with Crippen LogP contribution in [0.1, 0.15) is 18.1 Å². The molecule has 3 heteroatoms. The van der Waals surface area contributed by atoms with E-state index in [1.54, 1.807) is 13.0 Å². The Bertz CT molecular complexity index is 305. The molecule has 0 saturated heterocycles. The van der Waals surface area contributed by atoms with Gasteiger partial charge in [-0.2, -0.15) is 0 Å². The van der Waals surface area contributed by atoms with Gasteiger partial charge in [0.15, 0.2) is 11.5 Å². The molecular formula is C9H12O3. The smallest absolute Gasteiger partial charge is 0.200 e. The van der Waals surface area contributed by atoms with Crippen molar-refractivity contribution >= 4 is 0 Å². The Kier molecular flexibility index (Phi) is 2.13. The minimum Gasteiger partial charge on any atom is -0.504 e. The first-order valence-corrected chi connectivity index (χ1v) is 3.81. The van der Waals surface area contributed by atoms with Gasteiger partial charge in [-0.15, -0.1) is 0 Å². The van der Waals surface area contributed by atoms with Crippen LogP contribution < -0.4 is 0 Å². The summed E-state index contributed by atoms with van der Waals surface area (Å²) < 4.78 is 0. The Morgan fingerprint density at radius 2 is 1.67 bits per heavy atom. The van der Waals surface area contributed by atoms with E-state index in [1.165, 1.54) is 0 Å². The molecule has 0 aliphatic carbocycles. The molecule has 3 nitrogen and oxygen atoms in total. The maximum atomic E-state index is 9.29. The molecule has 0 aliphatic rings. The minimum absolute atomic E-state index is 0.222. The fourth-order valence-corrected chi connectivity index (χ4v) is 1.12. The fourth-order valence-electron chi connectivity index (χ4n) is 1.12. The van der Waals surface area contributed by atoms with Crippen molar-refractivity contribution in [1.82, 2.24) is 0 Å². The fraction of sp³-hybridized carbons (Fsp3) is 0.333. The van der Waals surface area contributed by atoms with Crippen LogP contribution in [0, 0.1) is 6.92 Å². The molecule has 0 fully saturated rings.